The average molecular weight is 392 g/mol. The van der Waals surface area contributed by atoms with Crippen molar-refractivity contribution in [2.75, 3.05) is 5.32 Å². The van der Waals surface area contributed by atoms with E-state index in [1.807, 2.05) is 31.5 Å². The van der Waals surface area contributed by atoms with E-state index in [2.05, 4.69) is 15.5 Å². The van der Waals surface area contributed by atoms with E-state index in [4.69, 9.17) is 23.2 Å². The van der Waals surface area contributed by atoms with Crippen LogP contribution in [0.5, 0.6) is 0 Å². The SMILES string of the molecule is CCn1ccc(C(=O)Nc2c(C)nn(Cc3ccc(Cl)cc3Cl)c2C)n1. The van der Waals surface area contributed by atoms with Crippen LogP contribution >= 0.6 is 23.2 Å². The van der Waals surface area contributed by atoms with Crippen molar-refractivity contribution in [2.24, 2.45) is 0 Å². The Balaban J connectivity index is 1.82. The van der Waals surface area contributed by atoms with Crippen molar-refractivity contribution in [2.45, 2.75) is 33.9 Å². The molecule has 3 rings (SSSR count). The van der Waals surface area contributed by atoms with Crippen LogP contribution in [0, 0.1) is 13.8 Å². The maximum Gasteiger partial charge on any atom is 0.276 e. The van der Waals surface area contributed by atoms with Gasteiger partial charge in [0.2, 0.25) is 0 Å². The molecule has 0 aliphatic heterocycles. The van der Waals surface area contributed by atoms with Crippen LogP contribution in [0.2, 0.25) is 10.0 Å². The summed E-state index contributed by atoms with van der Waals surface area (Å²) in [4.78, 5) is 12.4. The van der Waals surface area contributed by atoms with Gasteiger partial charge in [-0.3, -0.25) is 14.2 Å². The van der Waals surface area contributed by atoms with Gasteiger partial charge in [0.1, 0.15) is 0 Å². The van der Waals surface area contributed by atoms with Gasteiger partial charge >= 0.3 is 0 Å². The van der Waals surface area contributed by atoms with Crippen LogP contribution in [0.15, 0.2) is 30.5 Å². The Morgan fingerprint density at radius 1 is 1.19 bits per heavy atom. The number of nitrogens with one attached hydrogen (secondary N) is 1. The Morgan fingerprint density at radius 2 is 1.96 bits per heavy atom. The van der Waals surface area contributed by atoms with Crippen LogP contribution in [0.4, 0.5) is 5.69 Å². The van der Waals surface area contributed by atoms with Crippen LogP contribution < -0.4 is 5.32 Å². The second kappa shape index (κ2) is 7.51. The zero-order valence-electron chi connectivity index (χ0n) is 14.8. The minimum atomic E-state index is -0.257. The summed E-state index contributed by atoms with van der Waals surface area (Å²) >= 11 is 12.2. The summed E-state index contributed by atoms with van der Waals surface area (Å²) in [5.41, 5.74) is 3.54. The molecule has 1 amide bonds. The van der Waals surface area contributed by atoms with E-state index in [-0.39, 0.29) is 5.91 Å². The van der Waals surface area contributed by atoms with Gasteiger partial charge in [-0.2, -0.15) is 10.2 Å². The van der Waals surface area contributed by atoms with E-state index < -0.39 is 0 Å². The molecule has 26 heavy (non-hydrogen) atoms. The molecule has 1 N–H and O–H groups in total. The zero-order valence-corrected chi connectivity index (χ0v) is 16.3. The van der Waals surface area contributed by atoms with Gasteiger partial charge in [-0.1, -0.05) is 29.3 Å². The fraction of sp³-hybridized carbons (Fsp3) is 0.278. The number of nitrogens with zero attached hydrogens (tertiary/aromatic N) is 4. The highest BCUT2D eigenvalue weighted by Crippen LogP contribution is 2.25. The number of anilines is 1. The van der Waals surface area contributed by atoms with Crippen molar-refractivity contribution in [3.63, 3.8) is 0 Å². The van der Waals surface area contributed by atoms with E-state index >= 15 is 0 Å². The Bertz CT molecular complexity index is 961. The predicted octanol–water partition coefficient (Wildman–Crippen LogP) is 4.32. The Kier molecular flexibility index (Phi) is 5.34. The lowest BCUT2D eigenvalue weighted by molar-refractivity contribution is 0.102. The van der Waals surface area contributed by atoms with Crippen LogP contribution in [0.25, 0.3) is 0 Å². The molecule has 1 aromatic carbocycles. The summed E-state index contributed by atoms with van der Waals surface area (Å²) in [6.45, 7) is 6.93. The van der Waals surface area contributed by atoms with Crippen molar-refractivity contribution in [3.05, 3.63) is 63.2 Å². The maximum absolute atomic E-state index is 12.4. The number of aromatic nitrogens is 4. The third kappa shape index (κ3) is 3.76. The number of carbonyl (C=O) groups is 1. The summed E-state index contributed by atoms with van der Waals surface area (Å²) in [6.07, 6.45) is 1.78. The second-order valence-corrected chi connectivity index (χ2v) is 6.79. The lowest BCUT2D eigenvalue weighted by atomic mass is 10.2. The lowest BCUT2D eigenvalue weighted by Crippen LogP contribution is -2.14. The molecule has 6 nitrogen and oxygen atoms in total. The summed E-state index contributed by atoms with van der Waals surface area (Å²) in [5.74, 6) is -0.257. The number of aryl methyl sites for hydroxylation is 2. The van der Waals surface area contributed by atoms with Crippen molar-refractivity contribution in [3.8, 4) is 0 Å². The van der Waals surface area contributed by atoms with Gasteiger partial charge in [0.25, 0.3) is 5.91 Å². The number of carbonyl (C=O) groups excluding carboxylic acids is 1. The molecule has 0 atom stereocenters. The second-order valence-electron chi connectivity index (χ2n) is 5.95. The van der Waals surface area contributed by atoms with Gasteiger partial charge in [-0.25, -0.2) is 0 Å². The monoisotopic (exact) mass is 391 g/mol. The standard InChI is InChI=1S/C18H19Cl2N5O/c1-4-24-8-7-16(23-24)18(26)21-17-11(2)22-25(12(17)3)10-13-5-6-14(19)9-15(13)20/h5-9H,4,10H2,1-3H3,(H,21,26). The largest absolute Gasteiger partial charge is 0.317 e. The van der Waals surface area contributed by atoms with Crippen LogP contribution in [-0.2, 0) is 13.1 Å². The van der Waals surface area contributed by atoms with Gasteiger partial charge < -0.3 is 5.32 Å². The normalized spacial score (nSPS) is 11.0. The van der Waals surface area contributed by atoms with Crippen LogP contribution in [0.3, 0.4) is 0 Å². The molecular formula is C18H19Cl2N5O. The molecule has 0 radical (unpaired) electrons. The van der Waals surface area contributed by atoms with Gasteiger partial charge in [-0.05, 0) is 44.5 Å². The lowest BCUT2D eigenvalue weighted by Gasteiger charge is -2.08. The van der Waals surface area contributed by atoms with Crippen LogP contribution in [0.1, 0.15) is 34.4 Å². The number of benzene rings is 1. The first-order valence-electron chi connectivity index (χ1n) is 8.21. The van der Waals surface area contributed by atoms with Crippen LogP contribution in [-0.4, -0.2) is 25.5 Å². The third-order valence-corrected chi connectivity index (χ3v) is 4.74. The van der Waals surface area contributed by atoms with Crippen molar-refractivity contribution in [1.82, 2.24) is 19.6 Å². The Morgan fingerprint density at radius 3 is 2.62 bits per heavy atom. The molecular weight excluding hydrogens is 373 g/mol. The molecule has 0 aliphatic rings. The summed E-state index contributed by atoms with van der Waals surface area (Å²) in [7, 11) is 0. The number of halogens is 2. The molecule has 2 heterocycles. The fourth-order valence-electron chi connectivity index (χ4n) is 2.68. The third-order valence-electron chi connectivity index (χ3n) is 4.15. The number of hydrogen-bond acceptors (Lipinski definition) is 3. The number of rotatable bonds is 5. The topological polar surface area (TPSA) is 64.7 Å². The van der Waals surface area contributed by atoms with Gasteiger partial charge in [-0.15, -0.1) is 0 Å². The minimum absolute atomic E-state index is 0.257. The highest BCUT2D eigenvalue weighted by Gasteiger charge is 2.17. The minimum Gasteiger partial charge on any atom is -0.317 e. The number of hydrogen-bond donors (Lipinski definition) is 1. The predicted molar refractivity (Wildman–Crippen MR) is 103 cm³/mol. The van der Waals surface area contributed by atoms with Crippen molar-refractivity contribution >= 4 is 34.8 Å². The first kappa shape index (κ1) is 18.5. The fourth-order valence-corrected chi connectivity index (χ4v) is 3.15. The molecule has 0 aliphatic carbocycles. The molecule has 0 spiro atoms. The van der Waals surface area contributed by atoms with Gasteiger partial charge in [0.05, 0.1) is 23.6 Å². The molecule has 0 saturated heterocycles. The highest BCUT2D eigenvalue weighted by molar-refractivity contribution is 6.35. The van der Waals surface area contributed by atoms with E-state index in [1.54, 1.807) is 29.1 Å². The van der Waals surface area contributed by atoms with Crippen molar-refractivity contribution in [1.29, 1.82) is 0 Å². The molecule has 8 heteroatoms. The Labute approximate surface area is 161 Å². The molecule has 0 unspecified atom stereocenters. The van der Waals surface area contributed by atoms with Gasteiger partial charge in [0.15, 0.2) is 5.69 Å². The summed E-state index contributed by atoms with van der Waals surface area (Å²) in [5, 5.41) is 12.8. The first-order chi connectivity index (χ1) is 12.4. The van der Waals surface area contributed by atoms with E-state index in [0.717, 1.165) is 17.0 Å². The van der Waals surface area contributed by atoms with E-state index in [1.165, 1.54) is 0 Å². The number of amides is 1. The smallest absolute Gasteiger partial charge is 0.276 e. The highest BCUT2D eigenvalue weighted by atomic mass is 35.5. The first-order valence-corrected chi connectivity index (χ1v) is 8.97. The Hall–Kier alpha value is -2.31. The summed E-state index contributed by atoms with van der Waals surface area (Å²) in [6, 6.07) is 7.07. The molecule has 0 fully saturated rings. The van der Waals surface area contributed by atoms with E-state index in [0.29, 0.717) is 34.5 Å². The molecule has 2 aromatic heterocycles. The van der Waals surface area contributed by atoms with Crippen molar-refractivity contribution < 1.29 is 4.79 Å². The average Bonchev–Trinajstić information content (AvgIpc) is 3.18. The molecule has 0 bridgehead atoms. The molecule has 0 saturated carbocycles. The summed E-state index contributed by atoms with van der Waals surface area (Å²) < 4.78 is 3.52. The molecule has 3 aromatic rings. The zero-order chi connectivity index (χ0) is 18.8. The van der Waals surface area contributed by atoms with Gasteiger partial charge in [0, 0.05) is 22.8 Å². The quantitative estimate of drug-likeness (QED) is 0.703. The molecule has 136 valence electrons. The van der Waals surface area contributed by atoms with E-state index in [9.17, 15) is 4.79 Å². The maximum atomic E-state index is 12.4.